The van der Waals surface area contributed by atoms with Crippen molar-refractivity contribution in [3.05, 3.63) is 223 Å². The molecule has 25 nitrogen and oxygen atoms in total. The lowest BCUT2D eigenvalue weighted by molar-refractivity contribution is -0.137. The Kier molecular flexibility index (Phi) is 31.4. The van der Waals surface area contributed by atoms with Crippen molar-refractivity contribution in [2.24, 2.45) is 53.3 Å². The lowest BCUT2D eigenvalue weighted by Gasteiger charge is -2.29. The number of nitrogens with zero attached hydrogens (tertiary/aromatic N) is 15. The van der Waals surface area contributed by atoms with Gasteiger partial charge < -0.3 is 48.7 Å². The van der Waals surface area contributed by atoms with E-state index in [0.717, 1.165) is 221 Å². The number of benzene rings is 6. The molecule has 15 heterocycles. The number of aromatic nitrogens is 11. The molecule has 2 aliphatic carbocycles. The minimum Gasteiger partial charge on any atom is -0.371 e. The third-order valence-electron chi connectivity index (χ3n) is 32.8. The molecule has 2 saturated carbocycles. The number of carbonyl (C=O) groups is 5. The monoisotopic (exact) mass is 1920 g/mol. The Morgan fingerprint density at radius 3 is 1.17 bits per heavy atom. The van der Waals surface area contributed by atoms with Gasteiger partial charge in [0.1, 0.15) is 0 Å². The number of aromatic amines is 5. The van der Waals surface area contributed by atoms with Gasteiger partial charge >= 0.3 is 0 Å². The van der Waals surface area contributed by atoms with E-state index in [0.29, 0.717) is 102 Å². The summed E-state index contributed by atoms with van der Waals surface area (Å²) in [6.45, 7) is 32.0. The zero-order chi connectivity index (χ0) is 97.9. The molecule has 748 valence electrons. The maximum absolute atomic E-state index is 13.0. The number of fused-ring (bicyclic) bond motifs is 5. The lowest BCUT2D eigenvalue weighted by atomic mass is 9.86. The number of carbonyl (C=O) groups excluding carboxylic acids is 5. The van der Waals surface area contributed by atoms with Gasteiger partial charge in [0, 0.05) is 251 Å². The molecule has 9 atom stereocenters. The van der Waals surface area contributed by atoms with Crippen molar-refractivity contribution in [2.75, 3.05) is 111 Å². The minimum absolute atomic E-state index is 0.0880. The van der Waals surface area contributed by atoms with Gasteiger partial charge in [-0.2, -0.15) is 25.5 Å². The summed E-state index contributed by atoms with van der Waals surface area (Å²) in [7, 11) is 0. The molecule has 9 aliphatic heterocycles. The molecule has 6 aromatic carbocycles. The average Bonchev–Trinajstić information content (AvgIpc) is 1.66. The van der Waals surface area contributed by atoms with Crippen LogP contribution in [-0.4, -0.2) is 225 Å². The number of H-pyrrole nitrogens is 5. The van der Waals surface area contributed by atoms with Crippen molar-refractivity contribution >= 4 is 63.2 Å². The van der Waals surface area contributed by atoms with Crippen LogP contribution < -0.4 is 19.6 Å². The van der Waals surface area contributed by atoms with Gasteiger partial charge in [-0.1, -0.05) is 115 Å². The molecule has 5 N–H and O–H groups in total. The van der Waals surface area contributed by atoms with Gasteiger partial charge in [0.05, 0.1) is 31.0 Å². The van der Waals surface area contributed by atoms with E-state index in [2.05, 4.69) is 240 Å². The van der Waals surface area contributed by atoms with Crippen LogP contribution in [0.5, 0.6) is 0 Å². The number of hydrogen-bond acceptors (Lipinski definition) is 14. The number of hydrogen-bond donors (Lipinski definition) is 5. The van der Waals surface area contributed by atoms with E-state index in [4.69, 9.17) is 0 Å². The maximum atomic E-state index is 13.0. The van der Waals surface area contributed by atoms with Gasteiger partial charge in [-0.25, -0.2) is 0 Å². The number of amides is 5. The molecule has 0 spiro atoms. The first kappa shape index (κ1) is 98.2. The van der Waals surface area contributed by atoms with Crippen LogP contribution in [0.25, 0.3) is 66.5 Å². The van der Waals surface area contributed by atoms with Crippen LogP contribution in [0.15, 0.2) is 196 Å². The van der Waals surface area contributed by atoms with Crippen LogP contribution in [0.2, 0.25) is 0 Å². The Labute approximate surface area is 839 Å². The van der Waals surface area contributed by atoms with E-state index >= 15 is 0 Å². The number of anilines is 4. The smallest absolute Gasteiger partial charge is 0.253 e. The zero-order valence-electron chi connectivity index (χ0n) is 85.1. The SMILES string of the molecule is CC(C)C(=O)N1CC(CN2CCc3cc(-c4cn[nH]c4)ccc32)CC1C.CC(C)CC(=O)N1CC(CN2CCc3cc(-c4cn[nH]c4)ccc32)CC1C.CC1CC(CN2CCc3cc(-c4cn[nH]c4)ccc32)CN1C(=O)C1CCCCC1.CC1CC(CN2CCc3cc(-c4cn[nH]c4)ccc32)CN1C(=O)CC1CCCCC1.O=C(c1ccccc1)N1CCCC(Cn2ccc3cc(-c4cn[nH]c4)ccc32)CC1. The van der Waals surface area contributed by atoms with E-state index < -0.39 is 0 Å². The second-order valence-electron chi connectivity index (χ2n) is 44.0. The molecule has 11 aliphatic rings. The van der Waals surface area contributed by atoms with E-state index in [1.54, 1.807) is 0 Å². The van der Waals surface area contributed by atoms with Crippen LogP contribution in [-0.2, 0) is 51.4 Å². The fourth-order valence-corrected chi connectivity index (χ4v) is 25.3. The van der Waals surface area contributed by atoms with Crippen molar-refractivity contribution < 1.29 is 24.0 Å². The van der Waals surface area contributed by atoms with E-state index in [9.17, 15) is 24.0 Å². The summed E-state index contributed by atoms with van der Waals surface area (Å²) in [5.74, 6) is 5.94. The average molecular weight is 1920 g/mol. The van der Waals surface area contributed by atoms with Crippen molar-refractivity contribution in [1.82, 2.24) is 80.1 Å². The molecule has 0 radical (unpaired) electrons. The highest BCUT2D eigenvalue weighted by Gasteiger charge is 2.42. The van der Waals surface area contributed by atoms with Crippen LogP contribution >= 0.6 is 0 Å². The van der Waals surface area contributed by atoms with Crippen LogP contribution in [0.3, 0.4) is 0 Å². The summed E-state index contributed by atoms with van der Waals surface area (Å²) in [4.78, 5) is 84.4. The normalized spacial score (nSPS) is 22.1. The first-order valence-corrected chi connectivity index (χ1v) is 53.8. The zero-order valence-corrected chi connectivity index (χ0v) is 85.1. The predicted octanol–water partition coefficient (Wildman–Crippen LogP) is 20.9. The molecule has 23 rings (SSSR count). The van der Waals surface area contributed by atoms with Crippen molar-refractivity contribution in [2.45, 2.75) is 234 Å². The van der Waals surface area contributed by atoms with Gasteiger partial charge in [-0.3, -0.25) is 49.5 Å². The molecule has 5 saturated heterocycles. The summed E-state index contributed by atoms with van der Waals surface area (Å²) < 4.78 is 2.37. The highest BCUT2D eigenvalue weighted by molar-refractivity contribution is 5.94. The fourth-order valence-electron chi connectivity index (χ4n) is 25.3. The molecule has 7 fully saturated rings. The van der Waals surface area contributed by atoms with E-state index in [1.165, 1.54) is 135 Å². The Bertz CT molecular complexity index is 6160. The largest absolute Gasteiger partial charge is 0.371 e. The second-order valence-corrected chi connectivity index (χ2v) is 44.0. The van der Waals surface area contributed by atoms with Crippen molar-refractivity contribution in [1.29, 1.82) is 0 Å². The third-order valence-corrected chi connectivity index (χ3v) is 32.8. The van der Waals surface area contributed by atoms with Crippen LogP contribution in [0, 0.1) is 53.3 Å². The number of rotatable bonds is 22. The van der Waals surface area contributed by atoms with Crippen LogP contribution in [0.4, 0.5) is 22.7 Å². The number of likely N-dealkylation sites (tertiary alicyclic amines) is 5. The highest BCUT2D eigenvalue weighted by atomic mass is 16.2. The second kappa shape index (κ2) is 45.4. The Morgan fingerprint density at radius 2 is 0.746 bits per heavy atom. The van der Waals surface area contributed by atoms with Gasteiger partial charge in [-0.15, -0.1) is 0 Å². The summed E-state index contributed by atoms with van der Waals surface area (Å²) in [6, 6.07) is 47.0. The molecule has 5 amide bonds. The van der Waals surface area contributed by atoms with Gasteiger partial charge in [0.2, 0.25) is 23.6 Å². The predicted molar refractivity (Wildman–Crippen MR) is 568 cm³/mol. The molecule has 12 aromatic rings. The summed E-state index contributed by atoms with van der Waals surface area (Å²) in [5, 5.41) is 36.0. The summed E-state index contributed by atoms with van der Waals surface area (Å²) >= 11 is 0. The van der Waals surface area contributed by atoms with Crippen molar-refractivity contribution in [3.63, 3.8) is 0 Å². The standard InChI is InChI=1S/C25H34N4O.C25H26N4O.C24H32N4O.C22H30N4O.C21H28N4O/c1-18-11-20(17-29(18)25(30)12-19-5-3-2-4-6-19)16-28-10-9-22-13-21(7-8-24(22)28)23-14-26-27-15-23;30-25(20-6-2-1-3-7-20)28-12-4-5-19(10-13-28)18-29-14-11-22-15-21(8-9-24(22)29)23-16-26-27-17-23;1-17-11-18(16-28(17)24(29)19-5-3-2-4-6-19)15-27-10-9-21-12-20(7-8-23(21)27)22-13-25-26-14-22;1-15(2)8-22(27)26-14-17(9-16(26)3)13-25-7-6-19-10-18(4-5-21(19)25)20-11-23-24-12-20;1-14(2)21(26)25-13-16(8-15(25)3)12-24-7-6-18-9-17(4-5-20(18)24)19-10-22-23-11-19/h7-8,13-15,18-20H,2-6,9-12,16-17H2,1H3,(H,26,27);1-3,6-9,11,14-17,19H,4-5,10,12-13,18H2,(H,26,27);7-8,12-14,17-19H,2-6,9-11,15-16H2,1H3,(H,25,26);4-5,10-12,15-17H,6-9,13-14H2,1-3H3,(H,23,24);4-5,9-11,14-16H,6-8,12-13H2,1-3H3,(H,22,23). The maximum Gasteiger partial charge on any atom is 0.253 e. The molecule has 0 bridgehead atoms. The van der Waals surface area contributed by atoms with Crippen molar-refractivity contribution in [3.8, 4) is 55.6 Å². The molecule has 6 aromatic heterocycles. The lowest BCUT2D eigenvalue weighted by Crippen LogP contribution is -2.39. The molecule has 142 heavy (non-hydrogen) atoms. The Morgan fingerprint density at radius 1 is 0.359 bits per heavy atom. The first-order valence-electron chi connectivity index (χ1n) is 53.8. The topological polar surface area (TPSA) is 263 Å². The Hall–Kier alpha value is -12.5. The number of nitrogens with one attached hydrogen (secondary N) is 5. The minimum atomic E-state index is 0.0880. The van der Waals surface area contributed by atoms with Gasteiger partial charge in [0.15, 0.2) is 0 Å². The summed E-state index contributed by atoms with van der Waals surface area (Å²) in [5.41, 5.74) is 25.0. The Balaban J connectivity index is 0.000000113. The first-order chi connectivity index (χ1) is 69.2. The van der Waals surface area contributed by atoms with Gasteiger partial charge in [0.25, 0.3) is 5.91 Å². The fraction of sp³-hybridized carbons (Fsp3) is 0.504. The third kappa shape index (κ3) is 23.3. The highest BCUT2D eigenvalue weighted by Crippen LogP contribution is 2.43. The molecular weight excluding hydrogens is 1770 g/mol. The quantitative estimate of drug-likeness (QED) is 0.0423. The van der Waals surface area contributed by atoms with Gasteiger partial charge in [-0.05, 0) is 294 Å². The summed E-state index contributed by atoms with van der Waals surface area (Å²) in [6.07, 6.45) is 47.3. The molecule has 25 heteroatoms. The molecular formula is C117H150N20O5. The van der Waals surface area contributed by atoms with E-state index in [-0.39, 0.29) is 11.8 Å². The van der Waals surface area contributed by atoms with E-state index in [1.807, 2.05) is 111 Å². The van der Waals surface area contributed by atoms with Crippen LogP contribution in [0.1, 0.15) is 210 Å². The molecule has 9 unspecified atom stereocenters.